The van der Waals surface area contributed by atoms with Crippen molar-refractivity contribution < 1.29 is 14.3 Å². The number of fused-ring (bicyclic) bond motifs is 1. The molecule has 2 aliphatic rings. The molecule has 1 amide bonds. The Bertz CT molecular complexity index is 521. The Labute approximate surface area is 124 Å². The van der Waals surface area contributed by atoms with E-state index < -0.39 is 0 Å². The largest absolute Gasteiger partial charge is 0.454 e. The molecule has 2 aliphatic heterocycles. The highest BCUT2D eigenvalue weighted by Crippen LogP contribution is 2.34. The minimum Gasteiger partial charge on any atom is -0.454 e. The van der Waals surface area contributed by atoms with Gasteiger partial charge in [-0.1, -0.05) is 0 Å². The van der Waals surface area contributed by atoms with Crippen LogP contribution in [0.3, 0.4) is 0 Å². The molecule has 1 unspecified atom stereocenters. The zero-order valence-corrected chi connectivity index (χ0v) is 12.2. The van der Waals surface area contributed by atoms with Crippen molar-refractivity contribution in [2.45, 2.75) is 18.9 Å². The van der Waals surface area contributed by atoms with Crippen LogP contribution in [0.15, 0.2) is 18.2 Å². The molecule has 0 saturated carbocycles. The second-order valence-electron chi connectivity index (χ2n) is 5.44. The third kappa shape index (κ3) is 3.28. The maximum absolute atomic E-state index is 12.2. The third-order valence-electron chi connectivity index (χ3n) is 3.94. The lowest BCUT2D eigenvalue weighted by atomic mass is 10.2. The van der Waals surface area contributed by atoms with Crippen LogP contribution in [0.1, 0.15) is 12.8 Å². The molecule has 114 valence electrons. The fraction of sp³-hybridized carbons (Fsp3) is 0.533. The maximum Gasteiger partial charge on any atom is 0.238 e. The first kappa shape index (κ1) is 14.2. The van der Waals surface area contributed by atoms with Gasteiger partial charge in [0.15, 0.2) is 11.5 Å². The number of ether oxygens (including phenoxy) is 2. The maximum atomic E-state index is 12.2. The average Bonchev–Trinajstić information content (AvgIpc) is 3.08. The van der Waals surface area contributed by atoms with E-state index in [0.29, 0.717) is 18.3 Å². The number of likely N-dealkylation sites (tertiary alicyclic amines) is 1. The molecule has 1 aromatic rings. The molecular formula is C15H21N3O3. The van der Waals surface area contributed by atoms with Gasteiger partial charge in [0.05, 0.1) is 6.54 Å². The number of anilines is 1. The Morgan fingerprint density at radius 1 is 1.38 bits per heavy atom. The van der Waals surface area contributed by atoms with Crippen LogP contribution in [-0.2, 0) is 4.79 Å². The summed E-state index contributed by atoms with van der Waals surface area (Å²) in [5, 5.41) is 6.11. The highest BCUT2D eigenvalue weighted by Gasteiger charge is 2.25. The van der Waals surface area contributed by atoms with Crippen molar-refractivity contribution >= 4 is 11.6 Å². The van der Waals surface area contributed by atoms with Gasteiger partial charge in [0.2, 0.25) is 12.7 Å². The van der Waals surface area contributed by atoms with Gasteiger partial charge in [0.1, 0.15) is 0 Å². The number of amides is 1. The molecular weight excluding hydrogens is 270 g/mol. The van der Waals surface area contributed by atoms with Crippen molar-refractivity contribution in [3.8, 4) is 11.5 Å². The topological polar surface area (TPSA) is 62.8 Å². The van der Waals surface area contributed by atoms with Gasteiger partial charge in [-0.2, -0.15) is 0 Å². The van der Waals surface area contributed by atoms with Crippen LogP contribution in [0.4, 0.5) is 5.69 Å². The SMILES string of the molecule is CNCC1CCCN1CC(=O)Nc1ccc2c(c1)OCO2. The van der Waals surface area contributed by atoms with E-state index in [2.05, 4.69) is 15.5 Å². The number of carbonyl (C=O) groups excluding carboxylic acids is 1. The van der Waals surface area contributed by atoms with Gasteiger partial charge in [-0.25, -0.2) is 0 Å². The van der Waals surface area contributed by atoms with E-state index in [4.69, 9.17) is 9.47 Å². The minimum atomic E-state index is 0.0110. The lowest BCUT2D eigenvalue weighted by Crippen LogP contribution is -2.41. The Morgan fingerprint density at radius 3 is 3.10 bits per heavy atom. The van der Waals surface area contributed by atoms with Gasteiger partial charge >= 0.3 is 0 Å². The molecule has 2 N–H and O–H groups in total. The third-order valence-corrected chi connectivity index (χ3v) is 3.94. The average molecular weight is 291 g/mol. The van der Waals surface area contributed by atoms with E-state index in [0.717, 1.165) is 37.4 Å². The van der Waals surface area contributed by atoms with E-state index in [-0.39, 0.29) is 12.7 Å². The summed E-state index contributed by atoms with van der Waals surface area (Å²) in [6.45, 7) is 2.59. The fourth-order valence-electron chi connectivity index (χ4n) is 2.93. The monoisotopic (exact) mass is 291 g/mol. The van der Waals surface area contributed by atoms with Gasteiger partial charge in [0.25, 0.3) is 0 Å². The summed E-state index contributed by atoms with van der Waals surface area (Å²) in [6.07, 6.45) is 2.31. The van der Waals surface area contributed by atoms with Gasteiger partial charge in [-0.3, -0.25) is 9.69 Å². The van der Waals surface area contributed by atoms with E-state index >= 15 is 0 Å². The summed E-state index contributed by atoms with van der Waals surface area (Å²) in [4.78, 5) is 14.4. The number of hydrogen-bond acceptors (Lipinski definition) is 5. The Morgan fingerprint density at radius 2 is 2.24 bits per heavy atom. The molecule has 0 aliphatic carbocycles. The van der Waals surface area contributed by atoms with Crippen molar-refractivity contribution in [2.24, 2.45) is 0 Å². The van der Waals surface area contributed by atoms with Crippen LogP contribution in [-0.4, -0.2) is 50.3 Å². The number of nitrogens with zero attached hydrogens (tertiary/aromatic N) is 1. The van der Waals surface area contributed by atoms with Crippen LogP contribution in [0.5, 0.6) is 11.5 Å². The smallest absolute Gasteiger partial charge is 0.238 e. The van der Waals surface area contributed by atoms with Crippen molar-refractivity contribution in [3.63, 3.8) is 0 Å². The van der Waals surface area contributed by atoms with Gasteiger partial charge in [-0.05, 0) is 38.6 Å². The van der Waals surface area contributed by atoms with E-state index in [1.165, 1.54) is 0 Å². The van der Waals surface area contributed by atoms with Crippen LogP contribution >= 0.6 is 0 Å². The van der Waals surface area contributed by atoms with Crippen LogP contribution in [0, 0.1) is 0 Å². The molecule has 6 nitrogen and oxygen atoms in total. The summed E-state index contributed by atoms with van der Waals surface area (Å²) in [5.41, 5.74) is 0.744. The Balaban J connectivity index is 1.56. The van der Waals surface area contributed by atoms with E-state index in [1.54, 1.807) is 6.07 Å². The summed E-state index contributed by atoms with van der Waals surface area (Å²) in [5.74, 6) is 1.42. The Kier molecular flexibility index (Phi) is 4.26. The lowest BCUT2D eigenvalue weighted by molar-refractivity contribution is -0.117. The first-order chi connectivity index (χ1) is 10.3. The standard InChI is InChI=1S/C15H21N3O3/c1-16-8-12-3-2-6-18(12)9-15(19)17-11-4-5-13-14(7-11)21-10-20-13/h4-5,7,12,16H,2-3,6,8-10H2,1H3,(H,17,19). The summed E-state index contributed by atoms with van der Waals surface area (Å²) >= 11 is 0. The van der Waals surface area contributed by atoms with Crippen molar-refractivity contribution in [2.75, 3.05) is 38.8 Å². The summed E-state index contributed by atoms with van der Waals surface area (Å²) in [7, 11) is 1.95. The van der Waals surface area contributed by atoms with Gasteiger partial charge in [-0.15, -0.1) is 0 Å². The molecule has 1 aromatic carbocycles. The zero-order valence-electron chi connectivity index (χ0n) is 12.2. The second-order valence-corrected chi connectivity index (χ2v) is 5.44. The number of likely N-dealkylation sites (N-methyl/N-ethyl adjacent to an activating group) is 1. The quantitative estimate of drug-likeness (QED) is 0.848. The Hall–Kier alpha value is -1.79. The van der Waals surface area contributed by atoms with Crippen LogP contribution in [0.25, 0.3) is 0 Å². The second kappa shape index (κ2) is 6.32. The molecule has 1 fully saturated rings. The van der Waals surface area contributed by atoms with Crippen molar-refractivity contribution in [1.29, 1.82) is 0 Å². The molecule has 2 heterocycles. The lowest BCUT2D eigenvalue weighted by Gasteiger charge is -2.23. The predicted octanol–water partition coefficient (Wildman–Crippen LogP) is 1.04. The molecule has 21 heavy (non-hydrogen) atoms. The highest BCUT2D eigenvalue weighted by atomic mass is 16.7. The number of nitrogens with one attached hydrogen (secondary N) is 2. The predicted molar refractivity (Wildman–Crippen MR) is 79.7 cm³/mol. The number of benzene rings is 1. The molecule has 1 saturated heterocycles. The number of hydrogen-bond donors (Lipinski definition) is 2. The van der Waals surface area contributed by atoms with Crippen molar-refractivity contribution in [3.05, 3.63) is 18.2 Å². The highest BCUT2D eigenvalue weighted by molar-refractivity contribution is 5.92. The van der Waals surface area contributed by atoms with E-state index in [1.807, 2.05) is 19.2 Å². The molecule has 3 rings (SSSR count). The molecule has 0 spiro atoms. The van der Waals surface area contributed by atoms with Crippen LogP contribution in [0.2, 0.25) is 0 Å². The fourth-order valence-corrected chi connectivity index (χ4v) is 2.93. The van der Waals surface area contributed by atoms with E-state index in [9.17, 15) is 4.79 Å². The normalized spacial score (nSPS) is 20.7. The first-order valence-corrected chi connectivity index (χ1v) is 7.34. The summed E-state index contributed by atoms with van der Waals surface area (Å²) < 4.78 is 10.6. The number of carbonyl (C=O) groups is 1. The molecule has 1 atom stereocenters. The molecule has 6 heteroatoms. The van der Waals surface area contributed by atoms with Gasteiger partial charge < -0.3 is 20.1 Å². The first-order valence-electron chi connectivity index (χ1n) is 7.34. The van der Waals surface area contributed by atoms with Crippen molar-refractivity contribution in [1.82, 2.24) is 10.2 Å². The van der Waals surface area contributed by atoms with Gasteiger partial charge in [0, 0.05) is 24.3 Å². The summed E-state index contributed by atoms with van der Waals surface area (Å²) in [6, 6.07) is 5.91. The number of rotatable bonds is 5. The zero-order chi connectivity index (χ0) is 14.7. The van der Waals surface area contributed by atoms with Crippen LogP contribution < -0.4 is 20.1 Å². The molecule has 0 radical (unpaired) electrons. The molecule has 0 bridgehead atoms. The minimum absolute atomic E-state index is 0.0110. The molecule has 0 aromatic heterocycles.